The fourth-order valence-corrected chi connectivity index (χ4v) is 2.56. The molecule has 7 nitrogen and oxygen atoms in total. The van der Waals surface area contributed by atoms with Gasteiger partial charge in [-0.25, -0.2) is 0 Å². The van der Waals surface area contributed by atoms with Crippen LogP contribution in [0.3, 0.4) is 0 Å². The molecule has 0 aliphatic heterocycles. The molecule has 0 unspecified atom stereocenters. The van der Waals surface area contributed by atoms with Crippen molar-refractivity contribution in [3.05, 3.63) is 36.4 Å². The normalized spacial score (nSPS) is 10.5. The topological polar surface area (TPSA) is 123 Å². The van der Waals surface area contributed by atoms with Crippen LogP contribution in [0.1, 0.15) is 0 Å². The quantitative estimate of drug-likeness (QED) is 0.322. The molecule has 0 aliphatic rings. The number of anilines is 4. The molecule has 0 radical (unpaired) electrons. The first-order valence-corrected chi connectivity index (χ1v) is 8.27. The van der Waals surface area contributed by atoms with Crippen molar-refractivity contribution < 1.29 is 15.3 Å². The van der Waals surface area contributed by atoms with Crippen molar-refractivity contribution >= 4 is 22.7 Å². The summed E-state index contributed by atoms with van der Waals surface area (Å²) in [5, 5.41) is 36.7. The van der Waals surface area contributed by atoms with Crippen molar-refractivity contribution in [1.29, 1.82) is 0 Å². The fourth-order valence-electron chi connectivity index (χ4n) is 2.56. The van der Waals surface area contributed by atoms with E-state index in [1.54, 1.807) is 6.07 Å². The fraction of sp³-hybridized carbons (Fsp3) is 0.333. The monoisotopic (exact) mass is 346 g/mol. The predicted octanol–water partition coefficient (Wildman–Crippen LogP) is 1.15. The van der Waals surface area contributed by atoms with Crippen LogP contribution in [0.2, 0.25) is 0 Å². The SMILES string of the molecule is Nc1ccc(NCCO)c(-c2ccc(NCCO)cc2NCCO)c1. The van der Waals surface area contributed by atoms with Gasteiger partial charge in [0.1, 0.15) is 0 Å². The van der Waals surface area contributed by atoms with Crippen molar-refractivity contribution in [2.75, 3.05) is 61.1 Å². The van der Waals surface area contributed by atoms with Crippen LogP contribution in [-0.2, 0) is 0 Å². The van der Waals surface area contributed by atoms with Gasteiger partial charge >= 0.3 is 0 Å². The molecule has 0 saturated heterocycles. The largest absolute Gasteiger partial charge is 0.399 e. The van der Waals surface area contributed by atoms with E-state index in [1.807, 2.05) is 30.3 Å². The minimum absolute atomic E-state index is 0.0142. The summed E-state index contributed by atoms with van der Waals surface area (Å²) in [4.78, 5) is 0. The second-order valence-electron chi connectivity index (χ2n) is 5.52. The highest BCUT2D eigenvalue weighted by Crippen LogP contribution is 2.36. The van der Waals surface area contributed by atoms with Crippen LogP contribution >= 0.6 is 0 Å². The Bertz CT molecular complexity index is 679. The third-order valence-corrected chi connectivity index (χ3v) is 3.65. The van der Waals surface area contributed by atoms with Crippen LogP contribution in [0.5, 0.6) is 0 Å². The molecule has 8 N–H and O–H groups in total. The van der Waals surface area contributed by atoms with E-state index in [4.69, 9.17) is 21.1 Å². The van der Waals surface area contributed by atoms with Crippen LogP contribution in [0.4, 0.5) is 22.7 Å². The van der Waals surface area contributed by atoms with Crippen LogP contribution in [-0.4, -0.2) is 54.8 Å². The molecule has 0 aromatic heterocycles. The number of nitrogen functional groups attached to an aromatic ring is 1. The molecular weight excluding hydrogens is 320 g/mol. The van der Waals surface area contributed by atoms with Gasteiger partial charge in [0.2, 0.25) is 0 Å². The molecule has 2 aromatic carbocycles. The van der Waals surface area contributed by atoms with Gasteiger partial charge in [0.05, 0.1) is 19.8 Å². The number of benzene rings is 2. The molecule has 0 atom stereocenters. The summed E-state index contributed by atoms with van der Waals surface area (Å²) in [5.74, 6) is 0. The maximum absolute atomic E-state index is 9.14. The summed E-state index contributed by atoms with van der Waals surface area (Å²) < 4.78 is 0. The predicted molar refractivity (Wildman–Crippen MR) is 103 cm³/mol. The van der Waals surface area contributed by atoms with Gasteiger partial charge in [0.15, 0.2) is 0 Å². The van der Waals surface area contributed by atoms with E-state index in [2.05, 4.69) is 16.0 Å². The maximum atomic E-state index is 9.14. The van der Waals surface area contributed by atoms with Crippen LogP contribution < -0.4 is 21.7 Å². The van der Waals surface area contributed by atoms with Crippen molar-refractivity contribution in [3.8, 4) is 11.1 Å². The Labute approximate surface area is 147 Å². The standard InChI is InChI=1S/C18H26N4O3/c19-13-1-4-17(21-6-9-24)16(11-13)15-3-2-14(20-5-8-23)12-18(15)22-7-10-25/h1-4,11-12,20-25H,5-10,19H2. The molecule has 0 heterocycles. The zero-order valence-corrected chi connectivity index (χ0v) is 14.1. The molecule has 0 aliphatic carbocycles. The first kappa shape index (κ1) is 18.9. The first-order valence-electron chi connectivity index (χ1n) is 8.27. The molecule has 0 saturated carbocycles. The van der Waals surface area contributed by atoms with Gasteiger partial charge in [-0.05, 0) is 30.3 Å². The lowest BCUT2D eigenvalue weighted by Crippen LogP contribution is -2.10. The highest BCUT2D eigenvalue weighted by Gasteiger charge is 2.11. The minimum atomic E-state index is 0.0142. The van der Waals surface area contributed by atoms with Crippen LogP contribution in [0.25, 0.3) is 11.1 Å². The molecule has 7 heteroatoms. The number of rotatable bonds is 10. The molecule has 0 bridgehead atoms. The van der Waals surface area contributed by atoms with Gasteiger partial charge in [-0.3, -0.25) is 0 Å². The Morgan fingerprint density at radius 1 is 0.680 bits per heavy atom. The van der Waals surface area contributed by atoms with Crippen molar-refractivity contribution in [2.24, 2.45) is 0 Å². The first-order chi connectivity index (χ1) is 12.2. The Morgan fingerprint density at radius 3 is 2.00 bits per heavy atom. The Morgan fingerprint density at radius 2 is 1.32 bits per heavy atom. The van der Waals surface area contributed by atoms with E-state index < -0.39 is 0 Å². The second kappa shape index (κ2) is 9.73. The molecule has 2 aromatic rings. The lowest BCUT2D eigenvalue weighted by atomic mass is 10.00. The van der Waals surface area contributed by atoms with Gasteiger partial charge in [-0.2, -0.15) is 0 Å². The zero-order valence-electron chi connectivity index (χ0n) is 14.1. The van der Waals surface area contributed by atoms with Crippen LogP contribution in [0.15, 0.2) is 36.4 Å². The van der Waals surface area contributed by atoms with Gasteiger partial charge < -0.3 is 37.0 Å². The second-order valence-corrected chi connectivity index (χ2v) is 5.52. The molecule has 0 fully saturated rings. The van der Waals surface area contributed by atoms with Gasteiger partial charge in [0.25, 0.3) is 0 Å². The smallest absolute Gasteiger partial charge is 0.0604 e. The molecule has 0 amide bonds. The van der Waals surface area contributed by atoms with Gasteiger partial charge in [-0.1, -0.05) is 6.07 Å². The van der Waals surface area contributed by atoms with Crippen molar-refractivity contribution in [2.45, 2.75) is 0 Å². The van der Waals surface area contributed by atoms with Gasteiger partial charge in [-0.15, -0.1) is 0 Å². The third-order valence-electron chi connectivity index (χ3n) is 3.65. The number of aliphatic hydroxyl groups is 3. The molecule has 25 heavy (non-hydrogen) atoms. The number of hydrogen-bond donors (Lipinski definition) is 7. The van der Waals surface area contributed by atoms with Crippen molar-refractivity contribution in [1.82, 2.24) is 0 Å². The average Bonchev–Trinajstić information content (AvgIpc) is 2.63. The van der Waals surface area contributed by atoms with E-state index in [0.717, 1.165) is 28.2 Å². The summed E-state index contributed by atoms with van der Waals surface area (Å²) in [5.41, 5.74) is 11.0. The molecule has 2 rings (SSSR count). The van der Waals surface area contributed by atoms with E-state index in [9.17, 15) is 0 Å². The Hall–Kier alpha value is -2.48. The summed E-state index contributed by atoms with van der Waals surface area (Å²) in [6.07, 6.45) is 0. The average molecular weight is 346 g/mol. The maximum Gasteiger partial charge on any atom is 0.0604 e. The highest BCUT2D eigenvalue weighted by atomic mass is 16.3. The summed E-state index contributed by atoms with van der Waals surface area (Å²) in [7, 11) is 0. The van der Waals surface area contributed by atoms with E-state index in [-0.39, 0.29) is 19.8 Å². The Balaban J connectivity index is 2.43. The molecular formula is C18H26N4O3. The lowest BCUT2D eigenvalue weighted by Gasteiger charge is -2.18. The Kier molecular flexibility index (Phi) is 7.34. The van der Waals surface area contributed by atoms with Gasteiger partial charge in [0, 0.05) is 53.5 Å². The molecule has 0 spiro atoms. The number of aliphatic hydroxyl groups excluding tert-OH is 3. The number of hydrogen-bond acceptors (Lipinski definition) is 7. The summed E-state index contributed by atoms with van der Waals surface area (Å²) in [6.45, 7) is 1.40. The number of nitrogens with two attached hydrogens (primary N) is 1. The van der Waals surface area contributed by atoms with E-state index >= 15 is 0 Å². The summed E-state index contributed by atoms with van der Waals surface area (Å²) in [6, 6.07) is 11.4. The van der Waals surface area contributed by atoms with Crippen LogP contribution in [0, 0.1) is 0 Å². The summed E-state index contributed by atoms with van der Waals surface area (Å²) >= 11 is 0. The third kappa shape index (κ3) is 5.25. The lowest BCUT2D eigenvalue weighted by molar-refractivity contribution is 0.310. The minimum Gasteiger partial charge on any atom is -0.399 e. The van der Waals surface area contributed by atoms with E-state index in [0.29, 0.717) is 25.3 Å². The zero-order chi connectivity index (χ0) is 18.1. The molecule has 136 valence electrons. The van der Waals surface area contributed by atoms with Crippen molar-refractivity contribution in [3.63, 3.8) is 0 Å². The highest BCUT2D eigenvalue weighted by molar-refractivity contribution is 5.89. The number of nitrogens with one attached hydrogen (secondary N) is 3. The van der Waals surface area contributed by atoms with E-state index in [1.165, 1.54) is 0 Å².